The van der Waals surface area contributed by atoms with Crippen molar-refractivity contribution in [2.45, 2.75) is 47.3 Å². The van der Waals surface area contributed by atoms with E-state index in [0.29, 0.717) is 6.54 Å². The Balaban J connectivity index is 0.00000112. The van der Waals surface area contributed by atoms with E-state index in [1.54, 1.807) is 0 Å². The topological polar surface area (TPSA) is 12.0 Å². The fourth-order valence-corrected chi connectivity index (χ4v) is 1.77. The van der Waals surface area contributed by atoms with Gasteiger partial charge in [0.2, 0.25) is 0 Å². The summed E-state index contributed by atoms with van der Waals surface area (Å²) in [6, 6.07) is 13.0. The molecule has 128 valence electrons. The SMILES string of the molecule is CC.CC.Cc1cccc(NCc2ccc(C(F)(F)F)cc2)c1. The number of benzene rings is 2. The van der Waals surface area contributed by atoms with Crippen LogP contribution in [0.2, 0.25) is 0 Å². The Labute approximate surface area is 137 Å². The summed E-state index contributed by atoms with van der Waals surface area (Å²) in [5.74, 6) is 0. The Bertz CT molecular complexity index is 545. The van der Waals surface area contributed by atoms with Gasteiger partial charge in [0.1, 0.15) is 0 Å². The van der Waals surface area contributed by atoms with Crippen molar-refractivity contribution in [3.63, 3.8) is 0 Å². The average molecular weight is 325 g/mol. The van der Waals surface area contributed by atoms with Gasteiger partial charge >= 0.3 is 6.18 Å². The molecule has 0 radical (unpaired) electrons. The molecule has 0 amide bonds. The summed E-state index contributed by atoms with van der Waals surface area (Å²) in [6.07, 6.45) is -4.28. The van der Waals surface area contributed by atoms with Gasteiger partial charge in [0, 0.05) is 12.2 Å². The minimum absolute atomic E-state index is 0.502. The summed E-state index contributed by atoms with van der Waals surface area (Å²) in [5.41, 5.74) is 2.29. The Morgan fingerprint density at radius 1 is 0.870 bits per heavy atom. The third-order valence-corrected chi connectivity index (χ3v) is 2.80. The van der Waals surface area contributed by atoms with Crippen LogP contribution < -0.4 is 5.32 Å². The van der Waals surface area contributed by atoms with Gasteiger partial charge in [-0.2, -0.15) is 13.2 Å². The number of halogens is 3. The van der Waals surface area contributed by atoms with Crippen molar-refractivity contribution in [2.24, 2.45) is 0 Å². The highest BCUT2D eigenvalue weighted by Gasteiger charge is 2.29. The van der Waals surface area contributed by atoms with Gasteiger partial charge in [-0.1, -0.05) is 52.0 Å². The number of hydrogen-bond acceptors (Lipinski definition) is 1. The number of alkyl halides is 3. The second-order valence-corrected chi connectivity index (χ2v) is 4.42. The second-order valence-electron chi connectivity index (χ2n) is 4.42. The van der Waals surface area contributed by atoms with Gasteiger partial charge in [-0.15, -0.1) is 0 Å². The molecule has 0 bridgehead atoms. The Hall–Kier alpha value is -1.97. The normalized spacial score (nSPS) is 9.91. The molecular weight excluding hydrogens is 299 g/mol. The van der Waals surface area contributed by atoms with E-state index in [9.17, 15) is 13.2 Å². The van der Waals surface area contributed by atoms with Crippen LogP contribution in [0.15, 0.2) is 48.5 Å². The monoisotopic (exact) mass is 325 g/mol. The standard InChI is InChI=1S/C15H14F3N.2C2H6/c1-11-3-2-4-14(9-11)19-10-12-5-7-13(8-6-12)15(16,17)18;2*1-2/h2-9,19H,10H2,1H3;2*1-2H3. The van der Waals surface area contributed by atoms with Gasteiger partial charge in [0.05, 0.1) is 5.56 Å². The van der Waals surface area contributed by atoms with E-state index < -0.39 is 11.7 Å². The Morgan fingerprint density at radius 3 is 1.91 bits per heavy atom. The van der Waals surface area contributed by atoms with E-state index in [-0.39, 0.29) is 0 Å². The van der Waals surface area contributed by atoms with Crippen molar-refractivity contribution in [1.82, 2.24) is 0 Å². The van der Waals surface area contributed by atoms with Crippen molar-refractivity contribution in [3.8, 4) is 0 Å². The number of aryl methyl sites for hydroxylation is 1. The molecule has 0 aromatic heterocycles. The van der Waals surface area contributed by atoms with Crippen molar-refractivity contribution in [2.75, 3.05) is 5.32 Å². The largest absolute Gasteiger partial charge is 0.416 e. The molecule has 0 unspecified atom stereocenters. The van der Waals surface area contributed by atoms with Gasteiger partial charge in [0.25, 0.3) is 0 Å². The predicted octanol–water partition coefficient (Wildman–Crippen LogP) is 6.68. The molecule has 0 atom stereocenters. The molecule has 4 heteroatoms. The number of nitrogens with one attached hydrogen (secondary N) is 1. The molecule has 2 aromatic rings. The molecule has 2 aromatic carbocycles. The Morgan fingerprint density at radius 2 is 1.43 bits per heavy atom. The zero-order chi connectivity index (χ0) is 17.9. The lowest BCUT2D eigenvalue weighted by atomic mass is 10.1. The molecule has 23 heavy (non-hydrogen) atoms. The zero-order valence-electron chi connectivity index (χ0n) is 14.5. The summed E-state index contributed by atoms with van der Waals surface area (Å²) < 4.78 is 37.2. The van der Waals surface area contributed by atoms with E-state index in [0.717, 1.165) is 28.9 Å². The van der Waals surface area contributed by atoms with Crippen LogP contribution >= 0.6 is 0 Å². The van der Waals surface area contributed by atoms with E-state index in [2.05, 4.69) is 5.32 Å². The minimum atomic E-state index is -4.28. The summed E-state index contributed by atoms with van der Waals surface area (Å²) in [5, 5.41) is 3.18. The number of rotatable bonds is 3. The van der Waals surface area contributed by atoms with E-state index in [1.807, 2.05) is 58.9 Å². The maximum Gasteiger partial charge on any atom is 0.416 e. The molecule has 0 aliphatic carbocycles. The highest BCUT2D eigenvalue weighted by molar-refractivity contribution is 5.46. The van der Waals surface area contributed by atoms with E-state index in [4.69, 9.17) is 0 Å². The predicted molar refractivity (Wildman–Crippen MR) is 92.6 cm³/mol. The molecule has 0 saturated carbocycles. The summed E-state index contributed by atoms with van der Waals surface area (Å²) >= 11 is 0. The van der Waals surface area contributed by atoms with Gasteiger partial charge < -0.3 is 5.32 Å². The van der Waals surface area contributed by atoms with Gasteiger partial charge in [-0.05, 0) is 42.3 Å². The highest BCUT2D eigenvalue weighted by Crippen LogP contribution is 2.29. The molecule has 0 heterocycles. The lowest BCUT2D eigenvalue weighted by Crippen LogP contribution is -2.05. The molecule has 0 saturated heterocycles. The van der Waals surface area contributed by atoms with Gasteiger partial charge in [-0.3, -0.25) is 0 Å². The first-order chi connectivity index (χ1) is 10.9. The molecule has 2 rings (SSSR count). The van der Waals surface area contributed by atoms with Crippen LogP contribution in [-0.2, 0) is 12.7 Å². The van der Waals surface area contributed by atoms with Crippen LogP contribution in [0, 0.1) is 6.92 Å². The number of anilines is 1. The Kier molecular flexibility index (Phi) is 9.79. The molecule has 1 nitrogen and oxygen atoms in total. The molecule has 0 fully saturated rings. The number of hydrogen-bond donors (Lipinski definition) is 1. The maximum absolute atomic E-state index is 12.4. The van der Waals surface area contributed by atoms with E-state index in [1.165, 1.54) is 12.1 Å². The van der Waals surface area contributed by atoms with Gasteiger partial charge in [0.15, 0.2) is 0 Å². The lowest BCUT2D eigenvalue weighted by Gasteiger charge is -2.09. The smallest absolute Gasteiger partial charge is 0.381 e. The van der Waals surface area contributed by atoms with Crippen molar-refractivity contribution in [1.29, 1.82) is 0 Å². The van der Waals surface area contributed by atoms with Crippen LogP contribution in [-0.4, -0.2) is 0 Å². The summed E-state index contributed by atoms with van der Waals surface area (Å²) in [7, 11) is 0. The van der Waals surface area contributed by atoms with Crippen molar-refractivity contribution < 1.29 is 13.2 Å². The molecular formula is C19H26F3N. The molecule has 0 aliphatic rings. The lowest BCUT2D eigenvalue weighted by molar-refractivity contribution is -0.137. The van der Waals surface area contributed by atoms with Crippen LogP contribution in [0.4, 0.5) is 18.9 Å². The quantitative estimate of drug-likeness (QED) is 0.664. The maximum atomic E-state index is 12.4. The molecule has 0 spiro atoms. The fourth-order valence-electron chi connectivity index (χ4n) is 1.77. The molecule has 1 N–H and O–H groups in total. The third-order valence-electron chi connectivity index (χ3n) is 2.80. The van der Waals surface area contributed by atoms with Gasteiger partial charge in [-0.25, -0.2) is 0 Å². The summed E-state index contributed by atoms with van der Waals surface area (Å²) in [6.45, 7) is 10.5. The fraction of sp³-hybridized carbons (Fsp3) is 0.368. The minimum Gasteiger partial charge on any atom is -0.381 e. The first-order valence-corrected chi connectivity index (χ1v) is 7.92. The van der Waals surface area contributed by atoms with E-state index >= 15 is 0 Å². The second kappa shape index (κ2) is 10.7. The highest BCUT2D eigenvalue weighted by atomic mass is 19.4. The van der Waals surface area contributed by atoms with Crippen LogP contribution in [0.1, 0.15) is 44.4 Å². The summed E-state index contributed by atoms with van der Waals surface area (Å²) in [4.78, 5) is 0. The van der Waals surface area contributed by atoms with Crippen molar-refractivity contribution >= 4 is 5.69 Å². The zero-order valence-corrected chi connectivity index (χ0v) is 14.5. The first-order valence-electron chi connectivity index (χ1n) is 7.92. The van der Waals surface area contributed by atoms with Crippen LogP contribution in [0.5, 0.6) is 0 Å². The van der Waals surface area contributed by atoms with Crippen LogP contribution in [0.3, 0.4) is 0 Å². The van der Waals surface area contributed by atoms with Crippen molar-refractivity contribution in [3.05, 3.63) is 65.2 Å². The van der Waals surface area contributed by atoms with Crippen LogP contribution in [0.25, 0.3) is 0 Å². The first kappa shape index (κ1) is 21.0. The third kappa shape index (κ3) is 7.73. The average Bonchev–Trinajstić information content (AvgIpc) is 2.56. The molecule has 0 aliphatic heterocycles.